The van der Waals surface area contributed by atoms with Gasteiger partial charge in [0.1, 0.15) is 10.6 Å². The van der Waals surface area contributed by atoms with Crippen LogP contribution in [0.3, 0.4) is 0 Å². The average molecular weight is 388 g/mol. The SMILES string of the molecule is Clc1nc(Nc2cccc(I)c2)c2ccsc2n1. The van der Waals surface area contributed by atoms with Gasteiger partial charge in [-0.2, -0.15) is 4.98 Å². The zero-order valence-electron chi connectivity index (χ0n) is 9.02. The van der Waals surface area contributed by atoms with E-state index in [4.69, 9.17) is 11.6 Å². The van der Waals surface area contributed by atoms with Gasteiger partial charge in [0.05, 0.1) is 5.39 Å². The molecule has 6 heteroatoms. The standard InChI is InChI=1S/C12H7ClIN3S/c13-12-16-10(9-4-5-18-11(9)17-12)15-8-3-1-2-7(14)6-8/h1-6H,(H,15,16,17). The Hall–Kier alpha value is -0.920. The fraction of sp³-hybridized carbons (Fsp3) is 0. The Balaban J connectivity index is 2.06. The maximum absolute atomic E-state index is 5.92. The van der Waals surface area contributed by atoms with E-state index in [9.17, 15) is 0 Å². The van der Waals surface area contributed by atoms with E-state index in [0.29, 0.717) is 0 Å². The van der Waals surface area contributed by atoms with E-state index in [2.05, 4.69) is 43.9 Å². The zero-order valence-corrected chi connectivity index (χ0v) is 12.8. The Morgan fingerprint density at radius 2 is 2.11 bits per heavy atom. The van der Waals surface area contributed by atoms with Crippen LogP contribution in [0.5, 0.6) is 0 Å². The molecule has 18 heavy (non-hydrogen) atoms. The van der Waals surface area contributed by atoms with E-state index in [-0.39, 0.29) is 5.28 Å². The molecule has 0 amide bonds. The number of rotatable bonds is 2. The van der Waals surface area contributed by atoms with Crippen molar-refractivity contribution >= 4 is 67.3 Å². The highest BCUT2D eigenvalue weighted by atomic mass is 127. The minimum Gasteiger partial charge on any atom is -0.340 e. The number of halogens is 2. The summed E-state index contributed by atoms with van der Waals surface area (Å²) in [6, 6.07) is 10.1. The number of hydrogen-bond acceptors (Lipinski definition) is 4. The molecule has 1 N–H and O–H groups in total. The number of benzene rings is 1. The molecule has 0 saturated heterocycles. The third-order valence-corrected chi connectivity index (χ3v) is 4.03. The number of nitrogens with one attached hydrogen (secondary N) is 1. The highest BCUT2D eigenvalue weighted by Gasteiger charge is 2.08. The number of nitrogens with zero attached hydrogens (tertiary/aromatic N) is 2. The second kappa shape index (κ2) is 4.99. The first-order valence-corrected chi connectivity index (χ1v) is 7.49. The summed E-state index contributed by atoms with van der Waals surface area (Å²) in [6.07, 6.45) is 0. The first-order valence-electron chi connectivity index (χ1n) is 5.16. The van der Waals surface area contributed by atoms with Crippen LogP contribution in [0.4, 0.5) is 11.5 Å². The summed E-state index contributed by atoms with van der Waals surface area (Å²) in [5.41, 5.74) is 0.990. The summed E-state index contributed by atoms with van der Waals surface area (Å²) in [4.78, 5) is 9.32. The van der Waals surface area contributed by atoms with Crippen LogP contribution in [-0.2, 0) is 0 Å². The molecule has 2 aromatic heterocycles. The molecule has 0 aliphatic rings. The van der Waals surface area contributed by atoms with Crippen LogP contribution in [0.2, 0.25) is 5.28 Å². The molecule has 0 aliphatic heterocycles. The Morgan fingerprint density at radius 1 is 1.22 bits per heavy atom. The number of anilines is 2. The molecule has 3 aromatic rings. The summed E-state index contributed by atoms with van der Waals surface area (Å²) in [5, 5.41) is 6.51. The van der Waals surface area contributed by atoms with Gasteiger partial charge in [-0.25, -0.2) is 4.98 Å². The Bertz CT molecular complexity index is 713. The molecule has 0 saturated carbocycles. The summed E-state index contributed by atoms with van der Waals surface area (Å²) in [6.45, 7) is 0. The molecule has 0 fully saturated rings. The highest BCUT2D eigenvalue weighted by molar-refractivity contribution is 14.1. The predicted octanol–water partition coefficient (Wildman–Crippen LogP) is 4.69. The fourth-order valence-electron chi connectivity index (χ4n) is 1.63. The predicted molar refractivity (Wildman–Crippen MR) is 84.9 cm³/mol. The molecule has 0 aliphatic carbocycles. The molecular weight excluding hydrogens is 381 g/mol. The van der Waals surface area contributed by atoms with Crippen molar-refractivity contribution in [2.45, 2.75) is 0 Å². The molecule has 3 rings (SSSR count). The quantitative estimate of drug-likeness (QED) is 0.512. The van der Waals surface area contributed by atoms with Crippen LogP contribution in [-0.4, -0.2) is 9.97 Å². The summed E-state index contributed by atoms with van der Waals surface area (Å²) >= 11 is 9.75. The lowest BCUT2D eigenvalue weighted by Crippen LogP contribution is -1.96. The van der Waals surface area contributed by atoms with Gasteiger partial charge in [-0.1, -0.05) is 6.07 Å². The van der Waals surface area contributed by atoms with Crippen LogP contribution in [0.25, 0.3) is 10.2 Å². The van der Waals surface area contributed by atoms with E-state index < -0.39 is 0 Å². The molecule has 90 valence electrons. The van der Waals surface area contributed by atoms with Gasteiger partial charge in [0.25, 0.3) is 0 Å². The molecule has 0 radical (unpaired) electrons. The number of fused-ring (bicyclic) bond motifs is 1. The average Bonchev–Trinajstić information content (AvgIpc) is 2.77. The molecular formula is C12H7ClIN3S. The van der Waals surface area contributed by atoms with E-state index in [1.54, 1.807) is 11.3 Å². The van der Waals surface area contributed by atoms with Crippen molar-refractivity contribution in [3.05, 3.63) is 44.6 Å². The van der Waals surface area contributed by atoms with Gasteiger partial charge in [0, 0.05) is 9.26 Å². The molecule has 0 atom stereocenters. The Morgan fingerprint density at radius 3 is 2.94 bits per heavy atom. The summed E-state index contributed by atoms with van der Waals surface area (Å²) in [7, 11) is 0. The summed E-state index contributed by atoms with van der Waals surface area (Å²) in [5.74, 6) is 0.744. The molecule has 0 bridgehead atoms. The second-order valence-corrected chi connectivity index (χ2v) is 6.09. The van der Waals surface area contributed by atoms with E-state index >= 15 is 0 Å². The van der Waals surface area contributed by atoms with Gasteiger partial charge in [0.15, 0.2) is 0 Å². The van der Waals surface area contributed by atoms with Crippen LogP contribution in [0.1, 0.15) is 0 Å². The number of thiophene rings is 1. The second-order valence-electron chi connectivity index (χ2n) is 3.62. The normalized spacial score (nSPS) is 10.8. The topological polar surface area (TPSA) is 37.8 Å². The van der Waals surface area contributed by atoms with Crippen molar-refractivity contribution in [3.8, 4) is 0 Å². The Kier molecular flexibility index (Phi) is 3.36. The molecule has 2 heterocycles. The van der Waals surface area contributed by atoms with E-state index in [1.165, 1.54) is 3.57 Å². The lowest BCUT2D eigenvalue weighted by molar-refractivity contribution is 1.23. The maximum Gasteiger partial charge on any atom is 0.225 e. The minimum absolute atomic E-state index is 0.262. The van der Waals surface area contributed by atoms with Crippen LogP contribution < -0.4 is 5.32 Å². The Labute approximate surface area is 126 Å². The van der Waals surface area contributed by atoms with Crippen molar-refractivity contribution in [1.82, 2.24) is 9.97 Å². The van der Waals surface area contributed by atoms with Crippen LogP contribution in [0.15, 0.2) is 35.7 Å². The van der Waals surface area contributed by atoms with Crippen LogP contribution >= 0.6 is 45.5 Å². The largest absolute Gasteiger partial charge is 0.340 e. The van der Waals surface area contributed by atoms with Gasteiger partial charge in [-0.05, 0) is 63.8 Å². The molecule has 1 aromatic carbocycles. The molecule has 0 unspecified atom stereocenters. The summed E-state index contributed by atoms with van der Waals surface area (Å²) < 4.78 is 1.17. The number of hydrogen-bond donors (Lipinski definition) is 1. The van der Waals surface area contributed by atoms with Crippen molar-refractivity contribution in [2.75, 3.05) is 5.32 Å². The third kappa shape index (κ3) is 2.43. The third-order valence-electron chi connectivity index (χ3n) is 2.39. The van der Waals surface area contributed by atoms with Gasteiger partial charge >= 0.3 is 0 Å². The lowest BCUT2D eigenvalue weighted by Gasteiger charge is -2.07. The first kappa shape index (κ1) is 12.1. The van der Waals surface area contributed by atoms with Crippen molar-refractivity contribution < 1.29 is 0 Å². The lowest BCUT2D eigenvalue weighted by atomic mass is 10.3. The highest BCUT2D eigenvalue weighted by Crippen LogP contribution is 2.28. The molecule has 3 nitrogen and oxygen atoms in total. The monoisotopic (exact) mass is 387 g/mol. The van der Waals surface area contributed by atoms with Crippen molar-refractivity contribution in [2.24, 2.45) is 0 Å². The van der Waals surface area contributed by atoms with E-state index in [0.717, 1.165) is 21.7 Å². The zero-order chi connectivity index (χ0) is 12.5. The first-order chi connectivity index (χ1) is 8.72. The van der Waals surface area contributed by atoms with Crippen LogP contribution in [0, 0.1) is 3.57 Å². The smallest absolute Gasteiger partial charge is 0.225 e. The number of aromatic nitrogens is 2. The van der Waals surface area contributed by atoms with Crippen molar-refractivity contribution in [3.63, 3.8) is 0 Å². The van der Waals surface area contributed by atoms with Crippen molar-refractivity contribution in [1.29, 1.82) is 0 Å². The maximum atomic E-state index is 5.92. The molecule has 0 spiro atoms. The minimum atomic E-state index is 0.262. The van der Waals surface area contributed by atoms with E-state index in [1.807, 2.05) is 29.6 Å². The van der Waals surface area contributed by atoms with Gasteiger partial charge in [0.2, 0.25) is 5.28 Å². The van der Waals surface area contributed by atoms with Gasteiger partial charge in [-0.3, -0.25) is 0 Å². The van der Waals surface area contributed by atoms with Gasteiger partial charge in [-0.15, -0.1) is 11.3 Å². The van der Waals surface area contributed by atoms with Gasteiger partial charge < -0.3 is 5.32 Å². The fourth-order valence-corrected chi connectivity index (χ4v) is 3.15.